The van der Waals surface area contributed by atoms with Gasteiger partial charge < -0.3 is 10.1 Å². The first kappa shape index (κ1) is 19.9. The number of phenols is 1. The molecule has 2 aromatic carbocycles. The van der Waals surface area contributed by atoms with Gasteiger partial charge in [-0.1, -0.05) is 30.8 Å². The van der Waals surface area contributed by atoms with Crippen LogP contribution in [0.5, 0.6) is 5.75 Å². The molecule has 9 heteroatoms. The summed E-state index contributed by atoms with van der Waals surface area (Å²) in [5, 5.41) is 14.1. The molecule has 0 radical (unpaired) electrons. The first-order valence-electron chi connectivity index (χ1n) is 8.10. The van der Waals surface area contributed by atoms with Crippen LogP contribution < -0.4 is 5.43 Å². The Balaban J connectivity index is 1.64. The zero-order valence-corrected chi connectivity index (χ0v) is 18.2. The number of phenolic OH excluding ortho intramolecular Hbond substituents is 1. The maximum atomic E-state index is 12.4. The van der Waals surface area contributed by atoms with E-state index in [9.17, 15) is 9.90 Å². The van der Waals surface area contributed by atoms with Gasteiger partial charge in [0, 0.05) is 0 Å². The number of hydrazone groups is 1. The summed E-state index contributed by atoms with van der Waals surface area (Å²) in [4.78, 5) is 20.1. The molecule has 3 aromatic rings. The van der Waals surface area contributed by atoms with E-state index in [0.29, 0.717) is 20.5 Å². The van der Waals surface area contributed by atoms with Gasteiger partial charge in [0.1, 0.15) is 5.75 Å². The smallest absolute Gasteiger partial charge is 0.253 e. The maximum Gasteiger partial charge on any atom is 0.253 e. The molecule has 3 rings (SSSR count). The number of fused-ring (bicyclic) bond motifs is 1. The molecule has 0 aliphatic carbocycles. The molecule has 1 unspecified atom stereocenters. The first-order chi connectivity index (χ1) is 13.0. The zero-order chi connectivity index (χ0) is 19.4. The molecule has 0 aliphatic heterocycles. The van der Waals surface area contributed by atoms with E-state index in [4.69, 9.17) is 0 Å². The number of H-pyrrole nitrogens is 1. The molecule has 1 heterocycles. The van der Waals surface area contributed by atoms with Crippen LogP contribution in [0, 0.1) is 0 Å². The number of aromatic amines is 1. The van der Waals surface area contributed by atoms with Crippen LogP contribution in [0.1, 0.15) is 18.9 Å². The van der Waals surface area contributed by atoms with E-state index >= 15 is 0 Å². The number of carbonyl (C=O) groups excluding carboxylic acids is 1. The van der Waals surface area contributed by atoms with E-state index in [-0.39, 0.29) is 16.9 Å². The van der Waals surface area contributed by atoms with Gasteiger partial charge in [-0.25, -0.2) is 10.4 Å². The van der Waals surface area contributed by atoms with Gasteiger partial charge in [0.25, 0.3) is 5.91 Å². The number of hydrogen-bond donors (Lipinski definition) is 3. The second-order valence-corrected chi connectivity index (χ2v) is 8.54. The van der Waals surface area contributed by atoms with Crippen LogP contribution in [0.3, 0.4) is 0 Å². The van der Waals surface area contributed by atoms with Crippen molar-refractivity contribution in [1.29, 1.82) is 0 Å². The van der Waals surface area contributed by atoms with Gasteiger partial charge in [0.05, 0.1) is 31.4 Å². The summed E-state index contributed by atoms with van der Waals surface area (Å²) in [5.41, 5.74) is 5.10. The van der Waals surface area contributed by atoms with Gasteiger partial charge in [0.2, 0.25) is 0 Å². The number of thioether (sulfide) groups is 1. The molecule has 3 N–H and O–H groups in total. The fraction of sp³-hybridized carbons (Fsp3) is 0.167. The highest BCUT2D eigenvalue weighted by Crippen LogP contribution is 2.32. The van der Waals surface area contributed by atoms with E-state index in [1.54, 1.807) is 12.1 Å². The molecule has 0 aliphatic rings. The van der Waals surface area contributed by atoms with Crippen LogP contribution >= 0.6 is 43.6 Å². The van der Waals surface area contributed by atoms with Crippen LogP contribution in [-0.4, -0.2) is 32.4 Å². The molecule has 0 bridgehead atoms. The number of para-hydroxylation sites is 2. The Kier molecular flexibility index (Phi) is 6.56. The average molecular weight is 512 g/mol. The number of rotatable bonds is 6. The van der Waals surface area contributed by atoms with Crippen molar-refractivity contribution < 1.29 is 9.90 Å². The number of amides is 1. The Labute approximate surface area is 177 Å². The topological polar surface area (TPSA) is 90.4 Å². The molecule has 0 saturated carbocycles. The van der Waals surface area contributed by atoms with Crippen LogP contribution in [0.4, 0.5) is 0 Å². The van der Waals surface area contributed by atoms with E-state index in [0.717, 1.165) is 16.6 Å². The molecule has 0 spiro atoms. The van der Waals surface area contributed by atoms with Gasteiger partial charge in [-0.3, -0.25) is 4.79 Å². The third-order valence-corrected chi connectivity index (χ3v) is 6.17. The van der Waals surface area contributed by atoms with Crippen LogP contribution in [0.2, 0.25) is 0 Å². The minimum atomic E-state index is -0.319. The highest BCUT2D eigenvalue weighted by Gasteiger charge is 2.19. The molecular weight excluding hydrogens is 496 g/mol. The minimum absolute atomic E-state index is 0.115. The fourth-order valence-corrected chi connectivity index (χ4v) is 4.48. The number of benzene rings is 2. The van der Waals surface area contributed by atoms with Crippen molar-refractivity contribution in [3.8, 4) is 5.75 Å². The van der Waals surface area contributed by atoms with Crippen molar-refractivity contribution in [3.05, 3.63) is 50.9 Å². The third-order valence-electron chi connectivity index (χ3n) is 3.71. The fourth-order valence-electron chi connectivity index (χ4n) is 2.34. The Morgan fingerprint density at radius 1 is 1.37 bits per heavy atom. The summed E-state index contributed by atoms with van der Waals surface area (Å²) in [6.45, 7) is 1.94. The Hall–Kier alpha value is -1.84. The van der Waals surface area contributed by atoms with Crippen molar-refractivity contribution in [2.75, 3.05) is 0 Å². The normalized spacial score (nSPS) is 12.6. The number of hydrogen-bond acceptors (Lipinski definition) is 5. The predicted molar refractivity (Wildman–Crippen MR) is 115 cm³/mol. The number of imidazole rings is 1. The third kappa shape index (κ3) is 4.91. The number of halogens is 2. The minimum Gasteiger partial charge on any atom is -0.506 e. The Morgan fingerprint density at radius 2 is 2.07 bits per heavy atom. The maximum absolute atomic E-state index is 12.4. The standard InChI is InChI=1S/C18H16Br2N4O2S/c1-2-15(27-18-22-13-5-3-4-6-14(13)23-18)17(26)24-21-9-10-7-11(19)16(25)12(20)8-10/h3-9,15,25H,2H2,1H3,(H,22,23)(H,24,26). The molecule has 1 amide bonds. The number of nitrogens with zero attached hydrogens (tertiary/aromatic N) is 2. The van der Waals surface area contributed by atoms with E-state index in [1.165, 1.54) is 18.0 Å². The van der Waals surface area contributed by atoms with Crippen molar-refractivity contribution >= 4 is 66.8 Å². The monoisotopic (exact) mass is 510 g/mol. The van der Waals surface area contributed by atoms with Gasteiger partial charge in [-0.15, -0.1) is 0 Å². The van der Waals surface area contributed by atoms with E-state index in [2.05, 4.69) is 52.4 Å². The molecule has 27 heavy (non-hydrogen) atoms. The summed E-state index contributed by atoms with van der Waals surface area (Å²) < 4.78 is 1.08. The summed E-state index contributed by atoms with van der Waals surface area (Å²) in [7, 11) is 0. The Bertz CT molecular complexity index is 950. The number of nitrogens with one attached hydrogen (secondary N) is 2. The molecule has 140 valence electrons. The second-order valence-electron chi connectivity index (χ2n) is 5.64. The van der Waals surface area contributed by atoms with Crippen LogP contribution in [0.25, 0.3) is 11.0 Å². The van der Waals surface area contributed by atoms with Crippen molar-refractivity contribution in [2.45, 2.75) is 23.8 Å². The largest absolute Gasteiger partial charge is 0.506 e. The van der Waals surface area contributed by atoms with Crippen molar-refractivity contribution in [1.82, 2.24) is 15.4 Å². The molecule has 0 saturated heterocycles. The number of aromatic nitrogens is 2. The number of aromatic hydroxyl groups is 1. The molecule has 1 aromatic heterocycles. The zero-order valence-electron chi connectivity index (χ0n) is 14.2. The van der Waals surface area contributed by atoms with Gasteiger partial charge in [0.15, 0.2) is 5.16 Å². The highest BCUT2D eigenvalue weighted by molar-refractivity contribution is 9.11. The molecule has 6 nitrogen and oxygen atoms in total. The predicted octanol–water partition coefficient (Wildman–Crippen LogP) is 4.81. The van der Waals surface area contributed by atoms with Crippen LogP contribution in [-0.2, 0) is 4.79 Å². The van der Waals surface area contributed by atoms with Crippen molar-refractivity contribution in [3.63, 3.8) is 0 Å². The summed E-state index contributed by atoms with van der Waals surface area (Å²) >= 11 is 7.90. The number of carbonyl (C=O) groups is 1. The van der Waals surface area contributed by atoms with Gasteiger partial charge in [-0.05, 0) is 68.1 Å². The van der Waals surface area contributed by atoms with E-state index in [1.807, 2.05) is 31.2 Å². The lowest BCUT2D eigenvalue weighted by Gasteiger charge is -2.10. The molecule has 1 atom stereocenters. The summed E-state index contributed by atoms with van der Waals surface area (Å²) in [6, 6.07) is 11.2. The van der Waals surface area contributed by atoms with Gasteiger partial charge in [-0.2, -0.15) is 5.10 Å². The summed E-state index contributed by atoms with van der Waals surface area (Å²) in [6.07, 6.45) is 2.16. The highest BCUT2D eigenvalue weighted by atomic mass is 79.9. The summed E-state index contributed by atoms with van der Waals surface area (Å²) in [5.74, 6) is -0.0828. The SMILES string of the molecule is CCC(Sc1nc2ccccc2[nH]1)C(=O)NN=Cc1cc(Br)c(O)c(Br)c1. The molecule has 0 fully saturated rings. The second kappa shape index (κ2) is 8.90. The van der Waals surface area contributed by atoms with E-state index < -0.39 is 0 Å². The first-order valence-corrected chi connectivity index (χ1v) is 10.6. The lowest BCUT2D eigenvalue weighted by molar-refractivity contribution is -0.120. The quantitative estimate of drug-likeness (QED) is 0.251. The average Bonchev–Trinajstić information content (AvgIpc) is 3.06. The Morgan fingerprint density at radius 3 is 2.74 bits per heavy atom. The van der Waals surface area contributed by atoms with Gasteiger partial charge >= 0.3 is 0 Å². The lowest BCUT2D eigenvalue weighted by Crippen LogP contribution is -2.28. The van der Waals surface area contributed by atoms with Crippen molar-refractivity contribution in [2.24, 2.45) is 5.10 Å². The van der Waals surface area contributed by atoms with Crippen LogP contribution in [0.15, 0.2) is 55.6 Å². The lowest BCUT2D eigenvalue weighted by atomic mass is 10.2. The molecular formula is C18H16Br2N4O2S.